The highest BCUT2D eigenvalue weighted by molar-refractivity contribution is 6.31. The molecule has 2 amide bonds. The molecule has 0 bridgehead atoms. The number of hydrogen-bond acceptors (Lipinski definition) is 4. The van der Waals surface area contributed by atoms with Crippen LogP contribution in [-0.2, 0) is 19.8 Å². The van der Waals surface area contributed by atoms with Crippen molar-refractivity contribution in [3.8, 4) is 0 Å². The van der Waals surface area contributed by atoms with Crippen molar-refractivity contribution in [3.63, 3.8) is 0 Å². The maximum atomic E-state index is 15.5. The lowest BCUT2D eigenvalue weighted by Crippen LogP contribution is -2.49. The van der Waals surface area contributed by atoms with Crippen LogP contribution in [0, 0.1) is 11.2 Å². The van der Waals surface area contributed by atoms with Gasteiger partial charge in [-0.2, -0.15) is 0 Å². The van der Waals surface area contributed by atoms with Crippen LogP contribution in [0.4, 0.5) is 10.1 Å². The molecule has 4 N–H and O–H groups in total. The van der Waals surface area contributed by atoms with Gasteiger partial charge in [0.05, 0.1) is 11.1 Å². The van der Waals surface area contributed by atoms with Crippen LogP contribution in [0.2, 0.25) is 10.0 Å². The lowest BCUT2D eigenvalue weighted by molar-refractivity contribution is -0.138. The molecule has 4 rings (SSSR count). The minimum absolute atomic E-state index is 0.0924. The molecule has 2 heterocycles. The first-order valence-electron chi connectivity index (χ1n) is 11.2. The summed E-state index contributed by atoms with van der Waals surface area (Å²) in [6, 6.07) is 7.77. The van der Waals surface area contributed by atoms with E-state index in [9.17, 15) is 14.4 Å². The molecule has 2 aliphatic rings. The fourth-order valence-corrected chi connectivity index (χ4v) is 5.78. The third-order valence-electron chi connectivity index (χ3n) is 6.63. The number of fused-ring (bicyclic) bond motifs is 2. The zero-order chi connectivity index (χ0) is 25.7. The third kappa shape index (κ3) is 4.39. The number of carbonyl (C=O) groups is 3. The summed E-state index contributed by atoms with van der Waals surface area (Å²) in [4.78, 5) is 38.3. The van der Waals surface area contributed by atoms with Gasteiger partial charge in [-0.15, -0.1) is 0 Å². The Hall–Kier alpha value is -2.68. The quantitative estimate of drug-likeness (QED) is 0.474. The van der Waals surface area contributed by atoms with E-state index in [0.29, 0.717) is 22.7 Å². The molecule has 10 heteroatoms. The molecule has 1 saturated heterocycles. The second-order valence-electron chi connectivity index (χ2n) is 10.2. The molecule has 0 saturated carbocycles. The number of halogens is 3. The predicted octanol–water partition coefficient (Wildman–Crippen LogP) is 4.08. The molecule has 2 aromatic rings. The number of carbonyl (C=O) groups excluding carboxylic acids is 2. The highest BCUT2D eigenvalue weighted by Gasteiger charge is 2.66. The highest BCUT2D eigenvalue weighted by Crippen LogP contribution is 2.57. The maximum absolute atomic E-state index is 15.5. The van der Waals surface area contributed by atoms with E-state index in [4.69, 9.17) is 28.3 Å². The van der Waals surface area contributed by atoms with Crippen molar-refractivity contribution in [2.24, 2.45) is 5.41 Å². The number of amides is 2. The molecule has 186 valence electrons. The van der Waals surface area contributed by atoms with E-state index in [1.54, 1.807) is 24.3 Å². The second kappa shape index (κ2) is 9.08. The van der Waals surface area contributed by atoms with Crippen molar-refractivity contribution < 1.29 is 23.9 Å². The van der Waals surface area contributed by atoms with Gasteiger partial charge in [0.25, 0.3) is 0 Å². The van der Waals surface area contributed by atoms with Gasteiger partial charge in [-0.1, -0.05) is 62.2 Å². The summed E-state index contributed by atoms with van der Waals surface area (Å²) in [6.45, 7) is 5.40. The summed E-state index contributed by atoms with van der Waals surface area (Å²) < 4.78 is 15.5. The molecule has 35 heavy (non-hydrogen) atoms. The lowest BCUT2D eigenvalue weighted by atomic mass is 9.62. The van der Waals surface area contributed by atoms with Crippen molar-refractivity contribution in [1.29, 1.82) is 0 Å². The molecule has 1 fully saturated rings. The first-order valence-corrected chi connectivity index (χ1v) is 11.9. The Morgan fingerprint density at radius 1 is 1.20 bits per heavy atom. The minimum atomic E-state index is -1.38. The van der Waals surface area contributed by atoms with Gasteiger partial charge < -0.3 is 21.1 Å². The molecular formula is C25H26Cl2FN3O4. The van der Waals surface area contributed by atoms with E-state index in [-0.39, 0.29) is 16.0 Å². The fourth-order valence-electron chi connectivity index (χ4n) is 5.42. The van der Waals surface area contributed by atoms with Crippen LogP contribution in [0.15, 0.2) is 36.4 Å². The number of rotatable bonds is 5. The normalized spacial score (nSPS) is 25.4. The van der Waals surface area contributed by atoms with Gasteiger partial charge in [-0.25, -0.2) is 4.39 Å². The molecule has 0 radical (unpaired) electrons. The van der Waals surface area contributed by atoms with Crippen LogP contribution in [0.1, 0.15) is 44.2 Å². The first-order chi connectivity index (χ1) is 16.4. The molecular weight excluding hydrogens is 496 g/mol. The van der Waals surface area contributed by atoms with Gasteiger partial charge >= 0.3 is 5.97 Å². The van der Waals surface area contributed by atoms with Crippen molar-refractivity contribution in [2.45, 2.75) is 50.6 Å². The Kier molecular flexibility index (Phi) is 6.59. The summed E-state index contributed by atoms with van der Waals surface area (Å²) in [5.41, 5.74) is -0.489. The average Bonchev–Trinajstić information content (AvgIpc) is 3.22. The molecule has 2 aliphatic heterocycles. The Labute approximate surface area is 212 Å². The summed E-state index contributed by atoms with van der Waals surface area (Å²) in [6.07, 6.45) is 0.462. The Balaban J connectivity index is 1.98. The van der Waals surface area contributed by atoms with Gasteiger partial charge in [0.15, 0.2) is 0 Å². The zero-order valence-electron chi connectivity index (χ0n) is 19.4. The number of aliphatic carboxylic acids is 1. The molecule has 1 spiro atoms. The average molecular weight is 522 g/mol. The predicted molar refractivity (Wildman–Crippen MR) is 131 cm³/mol. The minimum Gasteiger partial charge on any atom is -0.480 e. The number of nitrogens with one attached hydrogen (secondary N) is 3. The van der Waals surface area contributed by atoms with Crippen molar-refractivity contribution in [2.75, 3.05) is 11.9 Å². The Morgan fingerprint density at radius 2 is 1.91 bits per heavy atom. The number of benzene rings is 2. The van der Waals surface area contributed by atoms with Crippen LogP contribution in [0.5, 0.6) is 0 Å². The van der Waals surface area contributed by atoms with Crippen LogP contribution in [-0.4, -0.2) is 41.5 Å². The van der Waals surface area contributed by atoms with E-state index in [2.05, 4.69) is 16.0 Å². The molecule has 4 atom stereocenters. The Bertz CT molecular complexity index is 1220. The van der Waals surface area contributed by atoms with E-state index < -0.39 is 53.6 Å². The monoisotopic (exact) mass is 521 g/mol. The molecule has 0 aromatic heterocycles. The van der Waals surface area contributed by atoms with E-state index >= 15 is 4.39 Å². The smallest absolute Gasteiger partial charge is 0.322 e. The number of carboxylic acids is 1. The molecule has 7 nitrogen and oxygen atoms in total. The van der Waals surface area contributed by atoms with Crippen LogP contribution in [0.25, 0.3) is 0 Å². The summed E-state index contributed by atoms with van der Waals surface area (Å²) in [5, 5.41) is 17.9. The van der Waals surface area contributed by atoms with Gasteiger partial charge in [-0.05, 0) is 41.2 Å². The SMILES string of the molecule is CC(C)(C)C[C@@H]1N[C@@H](C(=O)NCC(=O)O)[C@H](c2cccc(Cl)c2F)[C@]12C(=O)Nc1cc(Cl)ccc12. The van der Waals surface area contributed by atoms with E-state index in [1.165, 1.54) is 12.1 Å². The summed E-state index contributed by atoms with van der Waals surface area (Å²) in [7, 11) is 0. The topological polar surface area (TPSA) is 108 Å². The number of hydrogen-bond donors (Lipinski definition) is 4. The third-order valence-corrected chi connectivity index (χ3v) is 7.16. The highest BCUT2D eigenvalue weighted by atomic mass is 35.5. The molecule has 0 aliphatic carbocycles. The first kappa shape index (κ1) is 25.4. The van der Waals surface area contributed by atoms with Crippen molar-refractivity contribution in [1.82, 2.24) is 10.6 Å². The van der Waals surface area contributed by atoms with Gasteiger partial charge in [0.1, 0.15) is 17.8 Å². The van der Waals surface area contributed by atoms with Crippen molar-refractivity contribution >= 4 is 46.7 Å². The van der Waals surface area contributed by atoms with Gasteiger partial charge in [0.2, 0.25) is 11.8 Å². The lowest BCUT2D eigenvalue weighted by Gasteiger charge is -2.37. The zero-order valence-corrected chi connectivity index (χ0v) is 20.9. The standard InChI is InChI=1S/C25H26Cl2FN3O4/c1-24(2,3)10-17-25(14-8-7-12(26)9-16(14)30-23(25)35)19(13-5-4-6-15(27)20(13)28)21(31-17)22(34)29-11-18(32)33/h4-9,17,19,21,31H,10-11H2,1-3H3,(H,29,34)(H,30,35)(H,32,33)/t17-,19-,21+,25+/m0/s1. The maximum Gasteiger partial charge on any atom is 0.322 e. The summed E-state index contributed by atoms with van der Waals surface area (Å²) in [5.74, 6) is -4.02. The molecule has 0 unspecified atom stereocenters. The second-order valence-corrected chi connectivity index (χ2v) is 11.1. The van der Waals surface area contributed by atoms with Crippen LogP contribution >= 0.6 is 23.2 Å². The Morgan fingerprint density at radius 3 is 2.57 bits per heavy atom. The fraction of sp³-hybridized carbons (Fsp3) is 0.400. The number of carboxylic acid groups (broad SMARTS) is 1. The largest absolute Gasteiger partial charge is 0.480 e. The van der Waals surface area contributed by atoms with E-state index in [1.807, 2.05) is 20.8 Å². The molecule has 2 aromatic carbocycles. The van der Waals surface area contributed by atoms with Gasteiger partial charge in [-0.3, -0.25) is 14.4 Å². The van der Waals surface area contributed by atoms with Crippen LogP contribution < -0.4 is 16.0 Å². The van der Waals surface area contributed by atoms with Crippen LogP contribution in [0.3, 0.4) is 0 Å². The van der Waals surface area contributed by atoms with Crippen molar-refractivity contribution in [3.05, 3.63) is 63.4 Å². The van der Waals surface area contributed by atoms with E-state index in [0.717, 1.165) is 0 Å². The number of anilines is 1. The summed E-state index contributed by atoms with van der Waals surface area (Å²) >= 11 is 12.3. The van der Waals surface area contributed by atoms with Gasteiger partial charge in [0, 0.05) is 22.7 Å².